The zero-order valence-corrected chi connectivity index (χ0v) is 14.3. The highest BCUT2D eigenvalue weighted by Gasteiger charge is 2.24. The second-order valence-corrected chi connectivity index (χ2v) is 6.35. The Labute approximate surface area is 146 Å². The number of anilines is 1. The fraction of sp³-hybridized carbons (Fsp3) is 0.500. The maximum Gasteiger partial charge on any atom is 0.341 e. The van der Waals surface area contributed by atoms with E-state index in [0.717, 1.165) is 25.7 Å². The van der Waals surface area contributed by atoms with Crippen LogP contribution in [-0.2, 0) is 14.4 Å². The zero-order valence-electron chi connectivity index (χ0n) is 14.3. The van der Waals surface area contributed by atoms with Crippen LogP contribution >= 0.6 is 0 Å². The number of carboxylic acid groups (broad SMARTS) is 1. The van der Waals surface area contributed by atoms with Gasteiger partial charge < -0.3 is 20.5 Å². The summed E-state index contributed by atoms with van der Waals surface area (Å²) in [4.78, 5) is 34.7. The number of amides is 2. The van der Waals surface area contributed by atoms with Gasteiger partial charge in [-0.25, -0.2) is 4.79 Å². The molecule has 1 unspecified atom stereocenters. The van der Waals surface area contributed by atoms with E-state index in [-0.39, 0.29) is 30.2 Å². The average molecular weight is 348 g/mol. The number of rotatable bonds is 8. The Morgan fingerprint density at radius 2 is 2.00 bits per heavy atom. The van der Waals surface area contributed by atoms with E-state index in [1.165, 1.54) is 0 Å². The number of carbonyl (C=O) groups is 3. The van der Waals surface area contributed by atoms with Crippen molar-refractivity contribution in [3.63, 3.8) is 0 Å². The number of ether oxygens (including phenoxy) is 1. The van der Waals surface area contributed by atoms with Gasteiger partial charge in [-0.2, -0.15) is 0 Å². The molecule has 1 aromatic carbocycles. The number of nitrogens with one attached hydrogen (secondary N) is 2. The summed E-state index contributed by atoms with van der Waals surface area (Å²) in [5, 5.41) is 14.2. The number of aliphatic carboxylic acids is 1. The lowest BCUT2D eigenvalue weighted by Crippen LogP contribution is -2.38. The summed E-state index contributed by atoms with van der Waals surface area (Å²) >= 11 is 0. The van der Waals surface area contributed by atoms with Crippen LogP contribution < -0.4 is 15.4 Å². The first kappa shape index (κ1) is 18.8. The molecule has 0 spiro atoms. The summed E-state index contributed by atoms with van der Waals surface area (Å²) < 4.78 is 5.07. The molecule has 1 fully saturated rings. The Kier molecular flexibility index (Phi) is 6.80. The molecule has 0 aliphatic heterocycles. The topological polar surface area (TPSA) is 105 Å². The van der Waals surface area contributed by atoms with E-state index in [9.17, 15) is 14.4 Å². The van der Waals surface area contributed by atoms with Crippen LogP contribution in [0.25, 0.3) is 0 Å². The van der Waals surface area contributed by atoms with Crippen LogP contribution in [0.2, 0.25) is 0 Å². The molecule has 0 aromatic heterocycles. The fourth-order valence-corrected chi connectivity index (χ4v) is 2.90. The number of carbonyl (C=O) groups excluding carboxylic acids is 2. The van der Waals surface area contributed by atoms with Crippen molar-refractivity contribution < 1.29 is 24.2 Å². The first-order valence-electron chi connectivity index (χ1n) is 8.49. The monoisotopic (exact) mass is 348 g/mol. The van der Waals surface area contributed by atoms with Crippen LogP contribution in [0.4, 0.5) is 5.69 Å². The Bertz CT molecular complexity index is 626. The molecular formula is C18H24N2O5. The minimum absolute atomic E-state index is 0.0295. The van der Waals surface area contributed by atoms with E-state index in [2.05, 4.69) is 10.6 Å². The van der Waals surface area contributed by atoms with Gasteiger partial charge in [0.25, 0.3) is 0 Å². The number of carboxylic acids is 1. The van der Waals surface area contributed by atoms with Gasteiger partial charge in [0.2, 0.25) is 11.8 Å². The van der Waals surface area contributed by atoms with Gasteiger partial charge in [0.15, 0.2) is 6.61 Å². The van der Waals surface area contributed by atoms with Gasteiger partial charge >= 0.3 is 5.97 Å². The normalized spacial score (nSPS) is 15.4. The SMILES string of the molecule is CC(CC(=O)Nc1cccc(OCC(=O)O)c1)NC(=O)C1CCCC1. The fourth-order valence-electron chi connectivity index (χ4n) is 2.90. The van der Waals surface area contributed by atoms with Crippen LogP contribution in [0.3, 0.4) is 0 Å². The van der Waals surface area contributed by atoms with E-state index in [4.69, 9.17) is 9.84 Å². The van der Waals surface area contributed by atoms with Crippen molar-refractivity contribution in [1.82, 2.24) is 5.32 Å². The maximum atomic E-state index is 12.1. The Balaban J connectivity index is 1.79. The molecule has 1 aliphatic carbocycles. The third-order valence-corrected chi connectivity index (χ3v) is 4.09. The van der Waals surface area contributed by atoms with E-state index in [1.54, 1.807) is 31.2 Å². The van der Waals surface area contributed by atoms with Gasteiger partial charge in [-0.05, 0) is 31.9 Å². The molecule has 136 valence electrons. The summed E-state index contributed by atoms with van der Waals surface area (Å²) in [7, 11) is 0. The smallest absolute Gasteiger partial charge is 0.341 e. The van der Waals surface area contributed by atoms with Gasteiger partial charge in [-0.1, -0.05) is 18.9 Å². The largest absolute Gasteiger partial charge is 0.482 e. The molecular weight excluding hydrogens is 324 g/mol. The summed E-state index contributed by atoms with van der Waals surface area (Å²) in [5.41, 5.74) is 0.516. The molecule has 7 nitrogen and oxygen atoms in total. The minimum Gasteiger partial charge on any atom is -0.482 e. The van der Waals surface area contributed by atoms with Crippen molar-refractivity contribution in [3.05, 3.63) is 24.3 Å². The van der Waals surface area contributed by atoms with Crippen molar-refractivity contribution in [2.75, 3.05) is 11.9 Å². The average Bonchev–Trinajstić information content (AvgIpc) is 3.07. The number of hydrogen-bond acceptors (Lipinski definition) is 4. The molecule has 25 heavy (non-hydrogen) atoms. The molecule has 1 aromatic rings. The number of benzene rings is 1. The molecule has 2 amide bonds. The third-order valence-electron chi connectivity index (χ3n) is 4.09. The molecule has 2 rings (SSSR count). The van der Waals surface area contributed by atoms with Crippen LogP contribution in [-0.4, -0.2) is 35.5 Å². The lowest BCUT2D eigenvalue weighted by molar-refractivity contribution is -0.139. The minimum atomic E-state index is -1.07. The van der Waals surface area contributed by atoms with Gasteiger partial charge in [0, 0.05) is 30.1 Å². The van der Waals surface area contributed by atoms with E-state index in [1.807, 2.05) is 0 Å². The standard InChI is InChI=1S/C18H24N2O5/c1-12(19-18(24)13-5-2-3-6-13)9-16(21)20-14-7-4-8-15(10-14)25-11-17(22)23/h4,7-8,10,12-13H,2-3,5-6,9,11H2,1H3,(H,19,24)(H,20,21)(H,22,23). The van der Waals surface area contributed by atoms with Crippen molar-refractivity contribution >= 4 is 23.5 Å². The van der Waals surface area contributed by atoms with Crippen LogP contribution in [0, 0.1) is 5.92 Å². The second kappa shape index (κ2) is 9.05. The quantitative estimate of drug-likeness (QED) is 0.668. The second-order valence-electron chi connectivity index (χ2n) is 6.35. The molecule has 0 heterocycles. The molecule has 0 bridgehead atoms. The predicted molar refractivity (Wildman–Crippen MR) is 92.4 cm³/mol. The van der Waals surface area contributed by atoms with Crippen molar-refractivity contribution in [2.45, 2.75) is 45.1 Å². The van der Waals surface area contributed by atoms with Gasteiger partial charge in [0.05, 0.1) is 0 Å². The van der Waals surface area contributed by atoms with E-state index >= 15 is 0 Å². The molecule has 3 N–H and O–H groups in total. The van der Waals surface area contributed by atoms with Crippen molar-refractivity contribution in [2.24, 2.45) is 5.92 Å². The van der Waals surface area contributed by atoms with Crippen molar-refractivity contribution in [1.29, 1.82) is 0 Å². The summed E-state index contributed by atoms with van der Waals surface area (Å²) in [6.45, 7) is 1.36. The van der Waals surface area contributed by atoms with Crippen molar-refractivity contribution in [3.8, 4) is 5.75 Å². The van der Waals surface area contributed by atoms with Crippen LogP contribution in [0.1, 0.15) is 39.0 Å². The highest BCUT2D eigenvalue weighted by Crippen LogP contribution is 2.24. The maximum absolute atomic E-state index is 12.1. The summed E-state index contributed by atoms with van der Waals surface area (Å²) in [6, 6.07) is 6.27. The lowest BCUT2D eigenvalue weighted by atomic mass is 10.1. The Hall–Kier alpha value is -2.57. The Morgan fingerprint density at radius 3 is 2.68 bits per heavy atom. The van der Waals surface area contributed by atoms with E-state index in [0.29, 0.717) is 11.4 Å². The summed E-state index contributed by atoms with van der Waals surface area (Å²) in [6.07, 6.45) is 4.20. The predicted octanol–water partition coefficient (Wildman–Crippen LogP) is 2.17. The van der Waals surface area contributed by atoms with Crippen LogP contribution in [0.15, 0.2) is 24.3 Å². The van der Waals surface area contributed by atoms with Crippen LogP contribution in [0.5, 0.6) is 5.75 Å². The molecule has 0 saturated heterocycles. The lowest BCUT2D eigenvalue weighted by Gasteiger charge is -2.17. The highest BCUT2D eigenvalue weighted by atomic mass is 16.5. The number of hydrogen-bond donors (Lipinski definition) is 3. The molecule has 7 heteroatoms. The highest BCUT2D eigenvalue weighted by molar-refractivity contribution is 5.91. The van der Waals surface area contributed by atoms with Gasteiger partial charge in [0.1, 0.15) is 5.75 Å². The molecule has 1 atom stereocenters. The molecule has 0 radical (unpaired) electrons. The third kappa shape index (κ3) is 6.45. The van der Waals surface area contributed by atoms with Gasteiger partial charge in [-0.3, -0.25) is 9.59 Å². The Morgan fingerprint density at radius 1 is 1.28 bits per heavy atom. The first-order chi connectivity index (χ1) is 11.9. The molecule has 1 saturated carbocycles. The zero-order chi connectivity index (χ0) is 18.2. The summed E-state index contributed by atoms with van der Waals surface area (Å²) in [5.74, 6) is -0.825. The molecule has 1 aliphatic rings. The van der Waals surface area contributed by atoms with Gasteiger partial charge in [-0.15, -0.1) is 0 Å². The first-order valence-corrected chi connectivity index (χ1v) is 8.49. The van der Waals surface area contributed by atoms with E-state index < -0.39 is 12.6 Å².